The number of hydrogen-bond donors (Lipinski definition) is 0. The van der Waals surface area contributed by atoms with Crippen LogP contribution in [-0.4, -0.2) is 4.98 Å². The Bertz CT molecular complexity index is 385. The number of nitrogens with zero attached hydrogens (tertiary/aromatic N) is 1. The summed E-state index contributed by atoms with van der Waals surface area (Å²) in [6.45, 7) is 0.562. The van der Waals surface area contributed by atoms with Crippen LogP contribution in [0.1, 0.15) is 4.88 Å². The van der Waals surface area contributed by atoms with Crippen molar-refractivity contribution in [1.29, 1.82) is 0 Å². The maximum absolute atomic E-state index is 5.75. The number of ether oxygens (including phenoxy) is 1. The number of rotatable bonds is 3. The van der Waals surface area contributed by atoms with Gasteiger partial charge in [0.2, 0.25) is 0 Å². The van der Waals surface area contributed by atoms with Gasteiger partial charge in [-0.15, -0.1) is 11.3 Å². The third kappa shape index (κ3) is 2.47. The number of hydrogen-bond acceptors (Lipinski definition) is 3. The van der Waals surface area contributed by atoms with E-state index in [1.807, 2.05) is 24.3 Å². The lowest BCUT2D eigenvalue weighted by Crippen LogP contribution is -1.91. The van der Waals surface area contributed by atoms with Gasteiger partial charge in [-0.3, -0.25) is 4.98 Å². The highest BCUT2D eigenvalue weighted by Crippen LogP contribution is 2.17. The number of thiazole rings is 1. The Hall–Kier alpha value is -1.06. The minimum atomic E-state index is 0.562. The smallest absolute Gasteiger partial charge is 0.124 e. The Kier molecular flexibility index (Phi) is 3.01. The molecule has 4 heteroatoms. The van der Waals surface area contributed by atoms with Gasteiger partial charge in [-0.25, -0.2) is 0 Å². The molecule has 0 saturated carbocycles. The molecule has 1 heterocycles. The standard InChI is InChI=1S/C10H8ClNOS/c11-8-1-3-9(4-2-8)13-6-10-5-12-7-14-10/h1-5,7H,6H2. The Morgan fingerprint density at radius 1 is 1.29 bits per heavy atom. The van der Waals surface area contributed by atoms with Crippen molar-refractivity contribution in [3.05, 3.63) is 45.9 Å². The molecular weight excluding hydrogens is 218 g/mol. The normalized spacial score (nSPS) is 10.1. The molecule has 0 radical (unpaired) electrons. The van der Waals surface area contributed by atoms with Gasteiger partial charge in [0.1, 0.15) is 12.4 Å². The van der Waals surface area contributed by atoms with Gasteiger partial charge in [0.05, 0.1) is 10.4 Å². The van der Waals surface area contributed by atoms with Gasteiger partial charge in [0.15, 0.2) is 0 Å². The fourth-order valence-corrected chi connectivity index (χ4v) is 1.63. The summed E-state index contributed by atoms with van der Waals surface area (Å²) in [6.07, 6.45) is 1.81. The van der Waals surface area contributed by atoms with E-state index in [0.29, 0.717) is 6.61 Å². The molecule has 1 aromatic carbocycles. The average molecular weight is 226 g/mol. The summed E-state index contributed by atoms with van der Waals surface area (Å²) in [5, 5.41) is 0.718. The summed E-state index contributed by atoms with van der Waals surface area (Å²) in [7, 11) is 0. The van der Waals surface area contributed by atoms with Crippen LogP contribution in [0.15, 0.2) is 36.0 Å². The van der Waals surface area contributed by atoms with Crippen molar-refractivity contribution >= 4 is 22.9 Å². The summed E-state index contributed by atoms with van der Waals surface area (Å²) in [5.74, 6) is 0.822. The van der Waals surface area contributed by atoms with Crippen LogP contribution in [0, 0.1) is 0 Å². The van der Waals surface area contributed by atoms with E-state index in [9.17, 15) is 0 Å². The lowest BCUT2D eigenvalue weighted by atomic mass is 10.3. The van der Waals surface area contributed by atoms with Gasteiger partial charge in [0, 0.05) is 11.2 Å². The Labute approximate surface area is 91.1 Å². The predicted octanol–water partition coefficient (Wildman–Crippen LogP) is 3.38. The van der Waals surface area contributed by atoms with Crippen LogP contribution in [0.3, 0.4) is 0 Å². The maximum atomic E-state index is 5.75. The molecule has 0 N–H and O–H groups in total. The third-order valence-corrected chi connectivity index (χ3v) is 2.68. The van der Waals surface area contributed by atoms with Crippen LogP contribution >= 0.6 is 22.9 Å². The molecule has 0 bridgehead atoms. The highest BCUT2D eigenvalue weighted by atomic mass is 35.5. The van der Waals surface area contributed by atoms with Gasteiger partial charge in [-0.05, 0) is 24.3 Å². The first-order valence-electron chi connectivity index (χ1n) is 4.10. The molecule has 72 valence electrons. The zero-order chi connectivity index (χ0) is 9.80. The van der Waals surface area contributed by atoms with E-state index in [2.05, 4.69) is 4.98 Å². The van der Waals surface area contributed by atoms with Crippen molar-refractivity contribution in [2.24, 2.45) is 0 Å². The van der Waals surface area contributed by atoms with E-state index in [1.54, 1.807) is 23.0 Å². The van der Waals surface area contributed by atoms with Crippen LogP contribution in [0.4, 0.5) is 0 Å². The van der Waals surface area contributed by atoms with E-state index in [4.69, 9.17) is 16.3 Å². The molecule has 0 saturated heterocycles. The van der Waals surface area contributed by atoms with Gasteiger partial charge >= 0.3 is 0 Å². The first-order chi connectivity index (χ1) is 6.84. The fraction of sp³-hybridized carbons (Fsp3) is 0.100. The first kappa shape index (κ1) is 9.49. The van der Waals surface area contributed by atoms with Crippen molar-refractivity contribution < 1.29 is 4.74 Å². The second-order valence-corrected chi connectivity index (χ2v) is 4.12. The zero-order valence-electron chi connectivity index (χ0n) is 7.31. The Morgan fingerprint density at radius 2 is 2.07 bits per heavy atom. The average Bonchev–Trinajstić information content (AvgIpc) is 2.70. The van der Waals surface area contributed by atoms with Crippen LogP contribution < -0.4 is 4.74 Å². The molecular formula is C10H8ClNOS. The van der Waals surface area contributed by atoms with E-state index in [0.717, 1.165) is 15.6 Å². The van der Waals surface area contributed by atoms with Crippen LogP contribution in [0.2, 0.25) is 5.02 Å². The summed E-state index contributed by atoms with van der Waals surface area (Å²) >= 11 is 7.33. The summed E-state index contributed by atoms with van der Waals surface area (Å²) in [6, 6.07) is 7.32. The van der Waals surface area contributed by atoms with Crippen molar-refractivity contribution in [3.8, 4) is 5.75 Å². The molecule has 0 unspecified atom stereocenters. The lowest BCUT2D eigenvalue weighted by Gasteiger charge is -2.03. The van der Waals surface area contributed by atoms with E-state index >= 15 is 0 Å². The van der Waals surface area contributed by atoms with E-state index < -0.39 is 0 Å². The number of benzene rings is 1. The molecule has 0 atom stereocenters. The van der Waals surface area contributed by atoms with Gasteiger partial charge in [-0.1, -0.05) is 11.6 Å². The number of aromatic nitrogens is 1. The molecule has 0 spiro atoms. The van der Waals surface area contributed by atoms with Crippen molar-refractivity contribution in [2.75, 3.05) is 0 Å². The lowest BCUT2D eigenvalue weighted by molar-refractivity contribution is 0.309. The fourth-order valence-electron chi connectivity index (χ4n) is 0.999. The number of halogens is 1. The monoisotopic (exact) mass is 225 g/mol. The largest absolute Gasteiger partial charge is 0.488 e. The molecule has 2 rings (SSSR count). The minimum Gasteiger partial charge on any atom is -0.488 e. The van der Waals surface area contributed by atoms with Crippen LogP contribution in [-0.2, 0) is 6.61 Å². The Balaban J connectivity index is 1.95. The second kappa shape index (κ2) is 4.44. The second-order valence-electron chi connectivity index (χ2n) is 2.71. The first-order valence-corrected chi connectivity index (χ1v) is 5.36. The topological polar surface area (TPSA) is 22.1 Å². The molecule has 2 nitrogen and oxygen atoms in total. The molecule has 0 amide bonds. The summed E-state index contributed by atoms with van der Waals surface area (Å²) in [4.78, 5) is 5.08. The summed E-state index contributed by atoms with van der Waals surface area (Å²) < 4.78 is 5.52. The molecule has 0 fully saturated rings. The van der Waals surface area contributed by atoms with Crippen molar-refractivity contribution in [1.82, 2.24) is 4.98 Å². The van der Waals surface area contributed by atoms with E-state index in [1.165, 1.54) is 0 Å². The molecule has 14 heavy (non-hydrogen) atoms. The quantitative estimate of drug-likeness (QED) is 0.799. The van der Waals surface area contributed by atoms with E-state index in [-0.39, 0.29) is 0 Å². The molecule has 1 aromatic heterocycles. The Morgan fingerprint density at radius 3 is 2.71 bits per heavy atom. The van der Waals surface area contributed by atoms with Gasteiger partial charge in [-0.2, -0.15) is 0 Å². The molecule has 0 aliphatic rings. The van der Waals surface area contributed by atoms with Crippen molar-refractivity contribution in [3.63, 3.8) is 0 Å². The summed E-state index contributed by atoms with van der Waals surface area (Å²) in [5.41, 5.74) is 1.79. The van der Waals surface area contributed by atoms with Gasteiger partial charge in [0.25, 0.3) is 0 Å². The zero-order valence-corrected chi connectivity index (χ0v) is 8.89. The molecule has 2 aromatic rings. The minimum absolute atomic E-state index is 0.562. The molecule has 0 aliphatic carbocycles. The third-order valence-electron chi connectivity index (χ3n) is 1.68. The van der Waals surface area contributed by atoms with Crippen molar-refractivity contribution in [2.45, 2.75) is 6.61 Å². The highest BCUT2D eigenvalue weighted by Gasteiger charge is 1.96. The molecule has 0 aliphatic heterocycles. The predicted molar refractivity (Wildman–Crippen MR) is 57.9 cm³/mol. The SMILES string of the molecule is Clc1ccc(OCc2cncs2)cc1. The van der Waals surface area contributed by atoms with Crippen LogP contribution in [0.5, 0.6) is 5.75 Å². The highest BCUT2D eigenvalue weighted by molar-refractivity contribution is 7.09. The van der Waals surface area contributed by atoms with Crippen LogP contribution in [0.25, 0.3) is 0 Å². The van der Waals surface area contributed by atoms with Gasteiger partial charge < -0.3 is 4.74 Å². The maximum Gasteiger partial charge on any atom is 0.124 e.